The van der Waals surface area contributed by atoms with Crippen molar-refractivity contribution in [2.75, 3.05) is 33.7 Å². The van der Waals surface area contributed by atoms with E-state index in [0.717, 1.165) is 31.2 Å². The van der Waals surface area contributed by atoms with Crippen molar-refractivity contribution in [1.29, 1.82) is 0 Å². The molecule has 1 saturated heterocycles. The van der Waals surface area contributed by atoms with E-state index in [9.17, 15) is 0 Å². The molecule has 1 fully saturated rings. The van der Waals surface area contributed by atoms with Crippen molar-refractivity contribution in [2.24, 2.45) is 12.8 Å². The molecule has 0 aliphatic carbocycles. The molecule has 0 spiro atoms. The summed E-state index contributed by atoms with van der Waals surface area (Å²) >= 11 is 0. The number of hydrogen-bond donors (Lipinski definition) is 1. The van der Waals surface area contributed by atoms with Gasteiger partial charge in [-0.3, -0.25) is 4.68 Å². The average Bonchev–Trinajstić information content (AvgIpc) is 2.76. The Bertz CT molecular complexity index is 365. The molecule has 2 N–H and O–H groups in total. The van der Waals surface area contributed by atoms with E-state index in [1.54, 1.807) is 0 Å². The van der Waals surface area contributed by atoms with Gasteiger partial charge in [0, 0.05) is 37.4 Å². The van der Waals surface area contributed by atoms with Crippen LogP contribution in [0.3, 0.4) is 0 Å². The van der Waals surface area contributed by atoms with Gasteiger partial charge in [0.25, 0.3) is 0 Å². The first-order chi connectivity index (χ1) is 8.56. The highest BCUT2D eigenvalue weighted by atomic mass is 15.2. The Balaban J connectivity index is 1.81. The summed E-state index contributed by atoms with van der Waals surface area (Å²) in [6.07, 6.45) is 6.37. The maximum absolute atomic E-state index is 6.23. The van der Waals surface area contributed by atoms with Gasteiger partial charge in [-0.1, -0.05) is 0 Å². The molecular formula is C13H25N5. The second-order valence-corrected chi connectivity index (χ2v) is 5.55. The van der Waals surface area contributed by atoms with Crippen molar-refractivity contribution < 1.29 is 0 Å². The number of nitrogens with zero attached hydrogens (tertiary/aromatic N) is 4. The van der Waals surface area contributed by atoms with Crippen molar-refractivity contribution in [1.82, 2.24) is 19.6 Å². The van der Waals surface area contributed by atoms with E-state index in [1.807, 2.05) is 24.1 Å². The molecule has 0 aromatic carbocycles. The first-order valence-electron chi connectivity index (χ1n) is 6.69. The molecule has 1 aromatic rings. The Kier molecular flexibility index (Phi) is 4.37. The molecule has 2 rings (SSSR count). The normalized spacial score (nSPS) is 20.5. The van der Waals surface area contributed by atoms with Gasteiger partial charge in [-0.25, -0.2) is 0 Å². The molecular weight excluding hydrogens is 226 g/mol. The predicted molar refractivity (Wildman–Crippen MR) is 73.3 cm³/mol. The zero-order valence-corrected chi connectivity index (χ0v) is 11.7. The molecule has 1 aliphatic heterocycles. The molecule has 5 heteroatoms. The highest BCUT2D eigenvalue weighted by Crippen LogP contribution is 2.17. The largest absolute Gasteiger partial charge is 0.323 e. The lowest BCUT2D eigenvalue weighted by Crippen LogP contribution is -2.44. The summed E-state index contributed by atoms with van der Waals surface area (Å²) in [5.41, 5.74) is 7.36. The Labute approximate surface area is 110 Å². The molecule has 2 heterocycles. The third kappa shape index (κ3) is 3.31. The Morgan fingerprint density at radius 2 is 2.11 bits per heavy atom. The molecule has 1 aliphatic rings. The van der Waals surface area contributed by atoms with Crippen LogP contribution in [0.5, 0.6) is 0 Å². The molecule has 1 aromatic heterocycles. The summed E-state index contributed by atoms with van der Waals surface area (Å²) in [6.45, 7) is 3.24. The maximum Gasteiger partial charge on any atom is 0.0537 e. The predicted octanol–water partition coefficient (Wildman–Crippen LogP) is 0.446. The zero-order valence-electron chi connectivity index (χ0n) is 11.7. The Hall–Kier alpha value is -0.910. The molecule has 0 bridgehead atoms. The van der Waals surface area contributed by atoms with Crippen molar-refractivity contribution >= 4 is 0 Å². The number of likely N-dealkylation sites (tertiary alicyclic amines) is 1. The monoisotopic (exact) mass is 251 g/mol. The van der Waals surface area contributed by atoms with Crippen LogP contribution in [0.2, 0.25) is 0 Å². The van der Waals surface area contributed by atoms with Crippen LogP contribution in [0.1, 0.15) is 24.4 Å². The lowest BCUT2D eigenvalue weighted by molar-refractivity contribution is 0.139. The molecule has 1 atom stereocenters. The first-order valence-corrected chi connectivity index (χ1v) is 6.69. The van der Waals surface area contributed by atoms with Gasteiger partial charge >= 0.3 is 0 Å². The average molecular weight is 251 g/mol. The zero-order chi connectivity index (χ0) is 13.1. The minimum absolute atomic E-state index is 0.0783. The minimum atomic E-state index is 0.0783. The van der Waals surface area contributed by atoms with Gasteiger partial charge in [0.1, 0.15) is 0 Å². The third-order valence-electron chi connectivity index (χ3n) is 3.90. The smallest absolute Gasteiger partial charge is 0.0537 e. The van der Waals surface area contributed by atoms with Crippen LogP contribution in [0.15, 0.2) is 12.4 Å². The summed E-state index contributed by atoms with van der Waals surface area (Å²) in [5, 5.41) is 4.18. The fraction of sp³-hybridized carbons (Fsp3) is 0.769. The lowest BCUT2D eigenvalue weighted by atomic mass is 10.0. The number of rotatable bonds is 4. The highest BCUT2D eigenvalue weighted by molar-refractivity contribution is 5.10. The van der Waals surface area contributed by atoms with Gasteiger partial charge in [-0.2, -0.15) is 5.10 Å². The third-order valence-corrected chi connectivity index (χ3v) is 3.90. The van der Waals surface area contributed by atoms with E-state index >= 15 is 0 Å². The SMILES string of the molecule is CN(C)C1CCN(CC(N)c2cnn(C)c2)CC1. The second kappa shape index (κ2) is 5.82. The molecule has 102 valence electrons. The van der Waals surface area contributed by atoms with Gasteiger partial charge < -0.3 is 15.5 Å². The quantitative estimate of drug-likeness (QED) is 0.844. The van der Waals surface area contributed by atoms with E-state index in [2.05, 4.69) is 29.0 Å². The van der Waals surface area contributed by atoms with E-state index in [-0.39, 0.29) is 6.04 Å². The fourth-order valence-corrected chi connectivity index (χ4v) is 2.63. The van der Waals surface area contributed by atoms with Gasteiger partial charge in [-0.05, 0) is 40.0 Å². The molecule has 18 heavy (non-hydrogen) atoms. The molecule has 0 amide bonds. The van der Waals surface area contributed by atoms with Crippen molar-refractivity contribution in [3.63, 3.8) is 0 Å². The summed E-state index contributed by atoms with van der Waals surface area (Å²) in [7, 11) is 6.27. The second-order valence-electron chi connectivity index (χ2n) is 5.55. The van der Waals surface area contributed by atoms with E-state index < -0.39 is 0 Å². The highest BCUT2D eigenvalue weighted by Gasteiger charge is 2.22. The number of piperidine rings is 1. The van der Waals surface area contributed by atoms with E-state index in [0.29, 0.717) is 0 Å². The lowest BCUT2D eigenvalue weighted by Gasteiger charge is -2.36. The molecule has 5 nitrogen and oxygen atoms in total. The standard InChI is InChI=1S/C13H25N5/c1-16(2)12-4-6-18(7-5-12)10-13(14)11-8-15-17(3)9-11/h8-9,12-13H,4-7,10,14H2,1-3H3. The summed E-state index contributed by atoms with van der Waals surface area (Å²) in [5.74, 6) is 0. The van der Waals surface area contributed by atoms with Crippen LogP contribution in [0.4, 0.5) is 0 Å². The molecule has 0 radical (unpaired) electrons. The van der Waals surface area contributed by atoms with Crippen LogP contribution in [-0.4, -0.2) is 59.4 Å². The van der Waals surface area contributed by atoms with Crippen LogP contribution in [0, 0.1) is 0 Å². The van der Waals surface area contributed by atoms with Gasteiger partial charge in [0.15, 0.2) is 0 Å². The maximum atomic E-state index is 6.23. The van der Waals surface area contributed by atoms with Crippen molar-refractivity contribution in [2.45, 2.75) is 24.9 Å². The summed E-state index contributed by atoms with van der Waals surface area (Å²) in [4.78, 5) is 4.80. The molecule has 1 unspecified atom stereocenters. The topological polar surface area (TPSA) is 50.3 Å². The Morgan fingerprint density at radius 3 is 2.61 bits per heavy atom. The minimum Gasteiger partial charge on any atom is -0.323 e. The van der Waals surface area contributed by atoms with Gasteiger partial charge in [0.2, 0.25) is 0 Å². The summed E-state index contributed by atoms with van der Waals surface area (Å²) in [6, 6.07) is 0.811. The van der Waals surface area contributed by atoms with Crippen LogP contribution < -0.4 is 5.73 Å². The van der Waals surface area contributed by atoms with Crippen LogP contribution in [0.25, 0.3) is 0 Å². The summed E-state index contributed by atoms with van der Waals surface area (Å²) < 4.78 is 1.81. The van der Waals surface area contributed by atoms with E-state index in [4.69, 9.17) is 5.73 Å². The molecule has 0 saturated carbocycles. The van der Waals surface area contributed by atoms with Crippen molar-refractivity contribution in [3.05, 3.63) is 18.0 Å². The van der Waals surface area contributed by atoms with Gasteiger partial charge in [-0.15, -0.1) is 0 Å². The van der Waals surface area contributed by atoms with E-state index in [1.165, 1.54) is 12.8 Å². The number of aromatic nitrogens is 2. The first kappa shape index (κ1) is 13.5. The number of hydrogen-bond acceptors (Lipinski definition) is 4. The number of aryl methyl sites for hydroxylation is 1. The van der Waals surface area contributed by atoms with Crippen LogP contribution in [-0.2, 0) is 7.05 Å². The van der Waals surface area contributed by atoms with Gasteiger partial charge in [0.05, 0.1) is 6.20 Å². The van der Waals surface area contributed by atoms with Crippen LogP contribution >= 0.6 is 0 Å². The van der Waals surface area contributed by atoms with Crippen molar-refractivity contribution in [3.8, 4) is 0 Å². The Morgan fingerprint density at radius 1 is 1.44 bits per heavy atom. The fourth-order valence-electron chi connectivity index (χ4n) is 2.63. The number of nitrogens with two attached hydrogens (primary N) is 1.